The first kappa shape index (κ1) is 10.7. The van der Waals surface area contributed by atoms with Gasteiger partial charge in [-0.05, 0) is 31.5 Å². The number of hydrogen-bond acceptors (Lipinski definition) is 4. The monoisotopic (exact) mass is 232 g/mol. The maximum Gasteiger partial charge on any atom is 0.205 e. The molecule has 4 heteroatoms. The first-order valence-corrected chi connectivity index (χ1v) is 5.80. The zero-order valence-corrected chi connectivity index (χ0v) is 10.1. The van der Waals surface area contributed by atoms with Crippen LogP contribution in [0, 0.1) is 6.92 Å². The second-order valence-corrected chi connectivity index (χ2v) is 5.03. The van der Waals surface area contributed by atoms with E-state index in [0.29, 0.717) is 19.1 Å². The maximum atomic E-state index is 6.07. The Labute approximate surface area is 99.8 Å². The fourth-order valence-electron chi connectivity index (χ4n) is 2.19. The molecule has 0 amide bonds. The lowest BCUT2D eigenvalue weighted by molar-refractivity contribution is 0.173. The summed E-state index contributed by atoms with van der Waals surface area (Å²) in [5.74, 6) is 0.683. The maximum absolute atomic E-state index is 6.07. The molecule has 1 fully saturated rings. The van der Waals surface area contributed by atoms with Gasteiger partial charge in [-0.3, -0.25) is 0 Å². The van der Waals surface area contributed by atoms with E-state index < -0.39 is 0 Å². The largest absolute Gasteiger partial charge is 0.440 e. The standard InChI is InChI=1S/C13H16N2O2/c1-8-3-4-10-9(5-8)15-12(17-10)13(2)7-16-6-11(13)14/h3-5,11H,6-7,14H2,1-2H3. The van der Waals surface area contributed by atoms with Crippen molar-refractivity contribution in [2.24, 2.45) is 5.73 Å². The van der Waals surface area contributed by atoms with Crippen LogP contribution in [0.4, 0.5) is 0 Å². The Balaban J connectivity index is 2.12. The quantitative estimate of drug-likeness (QED) is 0.813. The van der Waals surface area contributed by atoms with Crippen molar-refractivity contribution in [3.63, 3.8) is 0 Å². The Kier molecular flexibility index (Phi) is 2.24. The summed E-state index contributed by atoms with van der Waals surface area (Å²) in [4.78, 5) is 4.55. The summed E-state index contributed by atoms with van der Waals surface area (Å²) in [7, 11) is 0. The van der Waals surface area contributed by atoms with Gasteiger partial charge in [-0.1, -0.05) is 6.07 Å². The highest BCUT2D eigenvalue weighted by atomic mass is 16.5. The predicted molar refractivity (Wildman–Crippen MR) is 64.9 cm³/mol. The van der Waals surface area contributed by atoms with Crippen molar-refractivity contribution in [3.8, 4) is 0 Å². The Morgan fingerprint density at radius 2 is 2.29 bits per heavy atom. The lowest BCUT2D eigenvalue weighted by Gasteiger charge is -2.22. The Hall–Kier alpha value is -1.39. The molecule has 2 atom stereocenters. The number of aromatic nitrogens is 1. The number of hydrogen-bond donors (Lipinski definition) is 1. The Morgan fingerprint density at radius 3 is 3.00 bits per heavy atom. The number of nitrogens with zero attached hydrogens (tertiary/aromatic N) is 1. The lowest BCUT2D eigenvalue weighted by Crippen LogP contribution is -2.42. The van der Waals surface area contributed by atoms with E-state index in [9.17, 15) is 0 Å². The third-order valence-corrected chi connectivity index (χ3v) is 3.55. The van der Waals surface area contributed by atoms with Gasteiger partial charge in [0.2, 0.25) is 5.89 Å². The van der Waals surface area contributed by atoms with Crippen LogP contribution in [-0.2, 0) is 10.2 Å². The van der Waals surface area contributed by atoms with Gasteiger partial charge >= 0.3 is 0 Å². The topological polar surface area (TPSA) is 61.3 Å². The zero-order valence-electron chi connectivity index (χ0n) is 10.1. The number of oxazole rings is 1. The molecule has 4 nitrogen and oxygen atoms in total. The highest BCUT2D eigenvalue weighted by Crippen LogP contribution is 2.33. The van der Waals surface area contributed by atoms with Crippen LogP contribution in [0.15, 0.2) is 22.6 Å². The normalized spacial score (nSPS) is 29.0. The average Bonchev–Trinajstić information content (AvgIpc) is 2.84. The first-order chi connectivity index (χ1) is 8.09. The third-order valence-electron chi connectivity index (χ3n) is 3.55. The number of rotatable bonds is 1. The third kappa shape index (κ3) is 1.56. The number of nitrogens with two attached hydrogens (primary N) is 1. The zero-order chi connectivity index (χ0) is 12.0. The van der Waals surface area contributed by atoms with Crippen molar-refractivity contribution >= 4 is 11.1 Å². The van der Waals surface area contributed by atoms with Crippen molar-refractivity contribution in [2.75, 3.05) is 13.2 Å². The molecular weight excluding hydrogens is 216 g/mol. The molecule has 17 heavy (non-hydrogen) atoms. The molecule has 2 N–H and O–H groups in total. The molecule has 0 bridgehead atoms. The summed E-state index contributed by atoms with van der Waals surface area (Å²) in [6.45, 7) is 5.22. The summed E-state index contributed by atoms with van der Waals surface area (Å²) >= 11 is 0. The van der Waals surface area contributed by atoms with E-state index in [1.165, 1.54) is 5.56 Å². The minimum Gasteiger partial charge on any atom is -0.440 e. The minimum atomic E-state index is -0.313. The van der Waals surface area contributed by atoms with Crippen LogP contribution < -0.4 is 5.73 Å². The summed E-state index contributed by atoms with van der Waals surface area (Å²) in [5, 5.41) is 0. The first-order valence-electron chi connectivity index (χ1n) is 5.80. The van der Waals surface area contributed by atoms with Crippen LogP contribution >= 0.6 is 0 Å². The molecule has 2 aromatic rings. The van der Waals surface area contributed by atoms with Crippen molar-refractivity contribution in [3.05, 3.63) is 29.7 Å². The van der Waals surface area contributed by atoms with Gasteiger partial charge < -0.3 is 14.9 Å². The van der Waals surface area contributed by atoms with Gasteiger partial charge in [-0.15, -0.1) is 0 Å². The lowest BCUT2D eigenvalue weighted by atomic mass is 9.86. The molecule has 1 saturated heterocycles. The molecule has 0 spiro atoms. The summed E-state index contributed by atoms with van der Waals surface area (Å²) in [5.41, 5.74) is 8.64. The molecule has 3 rings (SSSR count). The van der Waals surface area contributed by atoms with Gasteiger partial charge in [0.05, 0.1) is 18.6 Å². The molecule has 0 aliphatic carbocycles. The van der Waals surface area contributed by atoms with Crippen LogP contribution in [0.1, 0.15) is 18.4 Å². The van der Waals surface area contributed by atoms with E-state index in [0.717, 1.165) is 11.1 Å². The van der Waals surface area contributed by atoms with Crippen LogP contribution in [0.2, 0.25) is 0 Å². The van der Waals surface area contributed by atoms with Crippen LogP contribution in [0.25, 0.3) is 11.1 Å². The van der Waals surface area contributed by atoms with Gasteiger partial charge in [0, 0.05) is 6.04 Å². The van der Waals surface area contributed by atoms with E-state index in [-0.39, 0.29) is 11.5 Å². The van der Waals surface area contributed by atoms with Crippen LogP contribution in [-0.4, -0.2) is 24.2 Å². The molecule has 1 aliphatic heterocycles. The van der Waals surface area contributed by atoms with Gasteiger partial charge in [-0.2, -0.15) is 0 Å². The minimum absolute atomic E-state index is 0.0586. The molecule has 1 aromatic heterocycles. The molecule has 1 aromatic carbocycles. The fraction of sp³-hybridized carbons (Fsp3) is 0.462. The summed E-state index contributed by atoms with van der Waals surface area (Å²) in [6, 6.07) is 5.93. The fourth-order valence-corrected chi connectivity index (χ4v) is 2.19. The molecule has 0 radical (unpaired) electrons. The van der Waals surface area contributed by atoms with Gasteiger partial charge in [-0.25, -0.2) is 4.98 Å². The number of ether oxygens (including phenoxy) is 1. The van der Waals surface area contributed by atoms with Crippen LogP contribution in [0.5, 0.6) is 0 Å². The molecule has 2 heterocycles. The van der Waals surface area contributed by atoms with Crippen molar-refractivity contribution < 1.29 is 9.15 Å². The Bertz CT molecular complexity index is 564. The van der Waals surface area contributed by atoms with Crippen molar-refractivity contribution in [1.82, 2.24) is 4.98 Å². The van der Waals surface area contributed by atoms with Gasteiger partial charge in [0.25, 0.3) is 0 Å². The Morgan fingerprint density at radius 1 is 1.47 bits per heavy atom. The molecular formula is C13H16N2O2. The number of benzene rings is 1. The van der Waals surface area contributed by atoms with Crippen molar-refractivity contribution in [1.29, 1.82) is 0 Å². The SMILES string of the molecule is Cc1ccc2oc(C3(C)COCC3N)nc2c1. The highest BCUT2D eigenvalue weighted by Gasteiger charge is 2.43. The van der Waals surface area contributed by atoms with Crippen LogP contribution in [0.3, 0.4) is 0 Å². The summed E-state index contributed by atoms with van der Waals surface area (Å²) < 4.78 is 11.2. The van der Waals surface area contributed by atoms with Gasteiger partial charge in [0.15, 0.2) is 5.58 Å². The van der Waals surface area contributed by atoms with E-state index in [2.05, 4.69) is 4.98 Å². The summed E-state index contributed by atoms with van der Waals surface area (Å²) in [6.07, 6.45) is 0. The molecule has 2 unspecified atom stereocenters. The second-order valence-electron chi connectivity index (χ2n) is 5.03. The molecule has 1 aliphatic rings. The number of fused-ring (bicyclic) bond motifs is 1. The van der Waals surface area contributed by atoms with E-state index >= 15 is 0 Å². The second kappa shape index (κ2) is 3.55. The average molecular weight is 232 g/mol. The highest BCUT2D eigenvalue weighted by molar-refractivity contribution is 5.73. The van der Waals surface area contributed by atoms with E-state index in [1.807, 2.05) is 32.0 Å². The van der Waals surface area contributed by atoms with E-state index in [1.54, 1.807) is 0 Å². The van der Waals surface area contributed by atoms with E-state index in [4.69, 9.17) is 14.9 Å². The van der Waals surface area contributed by atoms with Crippen molar-refractivity contribution in [2.45, 2.75) is 25.3 Å². The van der Waals surface area contributed by atoms with Gasteiger partial charge in [0.1, 0.15) is 5.52 Å². The number of aryl methyl sites for hydroxylation is 1. The molecule has 0 saturated carbocycles. The predicted octanol–water partition coefficient (Wildman–Crippen LogP) is 1.75. The molecule has 90 valence electrons. The smallest absolute Gasteiger partial charge is 0.205 e.